The summed E-state index contributed by atoms with van der Waals surface area (Å²) in [6.07, 6.45) is 0. The van der Waals surface area contributed by atoms with E-state index >= 15 is 0 Å². The first-order valence-electron chi connectivity index (χ1n) is 5.51. The van der Waals surface area contributed by atoms with Crippen LogP contribution < -0.4 is 0 Å². The molecular formula is C13H22OSi. The molecule has 0 bridgehead atoms. The third-order valence-electron chi connectivity index (χ3n) is 2.34. The number of rotatable bonds is 3. The van der Waals surface area contributed by atoms with E-state index in [4.69, 9.17) is 4.43 Å². The molecule has 0 saturated carbocycles. The van der Waals surface area contributed by atoms with E-state index in [0.717, 1.165) is 0 Å². The van der Waals surface area contributed by atoms with Gasteiger partial charge in [-0.05, 0) is 24.4 Å². The van der Waals surface area contributed by atoms with Crippen molar-refractivity contribution in [3.8, 4) is 0 Å². The summed E-state index contributed by atoms with van der Waals surface area (Å²) in [4.78, 5) is 0. The Hall–Kier alpha value is -0.603. The van der Waals surface area contributed by atoms with Crippen molar-refractivity contribution >= 4 is 9.76 Å². The van der Waals surface area contributed by atoms with Gasteiger partial charge in [0.05, 0.1) is 5.60 Å². The van der Waals surface area contributed by atoms with Gasteiger partial charge in [-0.2, -0.15) is 0 Å². The normalized spacial score (nSPS) is 13.7. The zero-order valence-corrected chi connectivity index (χ0v) is 11.9. The lowest BCUT2D eigenvalue weighted by molar-refractivity contribution is 0.109. The van der Waals surface area contributed by atoms with Crippen molar-refractivity contribution in [3.63, 3.8) is 0 Å². The molecule has 1 nitrogen and oxygen atoms in total. The minimum atomic E-state index is -0.498. The SMILES string of the molecule is CC(C)(C)[SiH2]OC(C)(C)c1ccccc1. The van der Waals surface area contributed by atoms with E-state index in [1.165, 1.54) is 5.56 Å². The Morgan fingerprint density at radius 1 is 0.933 bits per heavy atom. The van der Waals surface area contributed by atoms with E-state index in [-0.39, 0.29) is 5.60 Å². The fourth-order valence-corrected chi connectivity index (χ4v) is 2.28. The smallest absolute Gasteiger partial charge is 0.168 e. The molecule has 1 rings (SSSR count). The number of hydrogen-bond donors (Lipinski definition) is 0. The van der Waals surface area contributed by atoms with Crippen LogP contribution in [0.25, 0.3) is 0 Å². The highest BCUT2D eigenvalue weighted by atomic mass is 28.2. The molecule has 1 aromatic rings. The molecule has 0 aliphatic carbocycles. The van der Waals surface area contributed by atoms with Gasteiger partial charge in [0.15, 0.2) is 9.76 Å². The van der Waals surface area contributed by atoms with Gasteiger partial charge in [-0.3, -0.25) is 0 Å². The van der Waals surface area contributed by atoms with Gasteiger partial charge in [-0.1, -0.05) is 51.1 Å². The molecule has 0 aliphatic heterocycles. The van der Waals surface area contributed by atoms with E-state index in [0.29, 0.717) is 5.04 Å². The minimum Gasteiger partial charge on any atom is -0.415 e. The second-order valence-corrected chi connectivity index (χ2v) is 8.42. The zero-order chi connectivity index (χ0) is 11.5. The van der Waals surface area contributed by atoms with Gasteiger partial charge in [0.25, 0.3) is 0 Å². The Labute approximate surface area is 95.8 Å². The topological polar surface area (TPSA) is 9.23 Å². The summed E-state index contributed by atoms with van der Waals surface area (Å²) < 4.78 is 6.12. The van der Waals surface area contributed by atoms with Crippen molar-refractivity contribution in [1.29, 1.82) is 0 Å². The van der Waals surface area contributed by atoms with Gasteiger partial charge in [0.1, 0.15) is 0 Å². The van der Waals surface area contributed by atoms with Crippen LogP contribution >= 0.6 is 0 Å². The highest BCUT2D eigenvalue weighted by molar-refractivity contribution is 6.31. The van der Waals surface area contributed by atoms with Crippen LogP contribution in [0, 0.1) is 0 Å². The van der Waals surface area contributed by atoms with E-state index in [9.17, 15) is 0 Å². The van der Waals surface area contributed by atoms with E-state index in [1.54, 1.807) is 0 Å². The summed E-state index contributed by atoms with van der Waals surface area (Å²) in [7, 11) is -0.498. The fourth-order valence-electron chi connectivity index (χ4n) is 1.32. The van der Waals surface area contributed by atoms with Crippen LogP contribution in [-0.2, 0) is 10.0 Å². The first-order chi connectivity index (χ1) is 6.81. The molecule has 15 heavy (non-hydrogen) atoms. The highest BCUT2D eigenvalue weighted by Gasteiger charge is 2.23. The Balaban J connectivity index is 2.68. The van der Waals surface area contributed by atoms with Crippen LogP contribution in [0.5, 0.6) is 0 Å². The fraction of sp³-hybridized carbons (Fsp3) is 0.538. The van der Waals surface area contributed by atoms with Crippen LogP contribution in [0.2, 0.25) is 5.04 Å². The zero-order valence-electron chi connectivity index (χ0n) is 10.5. The summed E-state index contributed by atoms with van der Waals surface area (Å²) in [5.74, 6) is 0. The minimum absolute atomic E-state index is 0.138. The molecular weight excluding hydrogens is 200 g/mol. The molecule has 0 heterocycles. The summed E-state index contributed by atoms with van der Waals surface area (Å²) in [6, 6.07) is 10.5. The molecule has 1 aromatic carbocycles. The Kier molecular flexibility index (Phi) is 3.74. The summed E-state index contributed by atoms with van der Waals surface area (Å²) >= 11 is 0. The first-order valence-corrected chi connectivity index (χ1v) is 6.79. The third kappa shape index (κ3) is 4.18. The molecule has 0 spiro atoms. The molecule has 0 fully saturated rings. The Bertz CT molecular complexity index is 298. The lowest BCUT2D eigenvalue weighted by atomic mass is 9.99. The summed E-state index contributed by atoms with van der Waals surface area (Å²) in [5, 5.41) is 0.353. The predicted molar refractivity (Wildman–Crippen MR) is 68.8 cm³/mol. The van der Waals surface area contributed by atoms with E-state index in [1.807, 2.05) is 6.07 Å². The van der Waals surface area contributed by atoms with Gasteiger partial charge in [-0.15, -0.1) is 0 Å². The van der Waals surface area contributed by atoms with Crippen molar-refractivity contribution in [1.82, 2.24) is 0 Å². The Morgan fingerprint density at radius 3 is 1.93 bits per heavy atom. The molecule has 0 amide bonds. The number of hydrogen-bond acceptors (Lipinski definition) is 1. The van der Waals surface area contributed by atoms with Crippen molar-refractivity contribution < 1.29 is 4.43 Å². The third-order valence-corrected chi connectivity index (χ3v) is 4.07. The molecule has 0 saturated heterocycles. The van der Waals surface area contributed by atoms with E-state index in [2.05, 4.69) is 58.9 Å². The van der Waals surface area contributed by atoms with Crippen LogP contribution in [-0.4, -0.2) is 9.76 Å². The Morgan fingerprint density at radius 2 is 1.47 bits per heavy atom. The molecule has 0 radical (unpaired) electrons. The molecule has 0 aliphatic rings. The van der Waals surface area contributed by atoms with Crippen LogP contribution in [0.15, 0.2) is 30.3 Å². The highest BCUT2D eigenvalue weighted by Crippen LogP contribution is 2.28. The van der Waals surface area contributed by atoms with Crippen LogP contribution in [0.3, 0.4) is 0 Å². The van der Waals surface area contributed by atoms with Gasteiger partial charge < -0.3 is 4.43 Å². The second kappa shape index (κ2) is 4.50. The maximum absolute atomic E-state index is 6.12. The lowest BCUT2D eigenvalue weighted by Crippen LogP contribution is -2.27. The summed E-state index contributed by atoms with van der Waals surface area (Å²) in [5.41, 5.74) is 1.13. The number of benzene rings is 1. The van der Waals surface area contributed by atoms with Gasteiger partial charge in [0, 0.05) is 0 Å². The molecule has 0 aromatic heterocycles. The van der Waals surface area contributed by atoms with Crippen molar-refractivity contribution in [2.45, 2.75) is 45.3 Å². The van der Waals surface area contributed by atoms with E-state index < -0.39 is 9.76 Å². The quantitative estimate of drug-likeness (QED) is 0.713. The molecule has 0 atom stereocenters. The second-order valence-electron chi connectivity index (χ2n) is 5.73. The maximum Gasteiger partial charge on any atom is 0.168 e. The standard InChI is InChI=1S/C13H22OSi/c1-12(2,3)15-14-13(4,5)11-9-7-6-8-10-11/h6-10H,15H2,1-5H3. The average molecular weight is 222 g/mol. The monoisotopic (exact) mass is 222 g/mol. The lowest BCUT2D eigenvalue weighted by Gasteiger charge is -2.30. The van der Waals surface area contributed by atoms with Crippen LogP contribution in [0.1, 0.15) is 40.2 Å². The van der Waals surface area contributed by atoms with Crippen molar-refractivity contribution in [2.75, 3.05) is 0 Å². The maximum atomic E-state index is 6.12. The average Bonchev–Trinajstić information content (AvgIpc) is 2.16. The molecule has 84 valence electrons. The van der Waals surface area contributed by atoms with Gasteiger partial charge in [0.2, 0.25) is 0 Å². The molecule has 0 N–H and O–H groups in total. The summed E-state index contributed by atoms with van der Waals surface area (Å²) in [6.45, 7) is 11.1. The van der Waals surface area contributed by atoms with Crippen molar-refractivity contribution in [2.24, 2.45) is 0 Å². The predicted octanol–water partition coefficient (Wildman–Crippen LogP) is 3.24. The largest absolute Gasteiger partial charge is 0.415 e. The van der Waals surface area contributed by atoms with Crippen LogP contribution in [0.4, 0.5) is 0 Å². The molecule has 2 heteroatoms. The molecule has 0 unspecified atom stereocenters. The van der Waals surface area contributed by atoms with Gasteiger partial charge in [-0.25, -0.2) is 0 Å². The van der Waals surface area contributed by atoms with Crippen molar-refractivity contribution in [3.05, 3.63) is 35.9 Å². The van der Waals surface area contributed by atoms with Gasteiger partial charge >= 0.3 is 0 Å². The first kappa shape index (κ1) is 12.5.